The molecule has 1 rings (SSSR count). The molecule has 0 bridgehead atoms. The van der Waals surface area contributed by atoms with E-state index in [9.17, 15) is 10.2 Å². The number of aromatic hydroxyl groups is 3. The smallest absolute Gasteiger partial charge is 0.127 e. The number of hydrogen-bond donors (Lipinski definition) is 5. The molecule has 0 saturated carbocycles. The van der Waals surface area contributed by atoms with Crippen molar-refractivity contribution in [1.82, 2.24) is 0 Å². The highest BCUT2D eigenvalue weighted by Gasteiger charge is 2.16. The Bertz CT molecular complexity index is 309. The zero-order valence-electron chi connectivity index (χ0n) is 7.92. The van der Waals surface area contributed by atoms with Gasteiger partial charge in [0, 0.05) is 24.8 Å². The number of benzene rings is 1. The van der Waals surface area contributed by atoms with Crippen LogP contribution < -0.4 is 5.73 Å². The van der Waals surface area contributed by atoms with Crippen molar-refractivity contribution in [2.75, 3.05) is 6.61 Å². The van der Waals surface area contributed by atoms with Crippen LogP contribution in [0.3, 0.4) is 0 Å². The molecule has 1 aromatic rings. The largest absolute Gasteiger partial charge is 0.508 e. The molecule has 0 amide bonds. The molecule has 0 fully saturated rings. The summed E-state index contributed by atoms with van der Waals surface area (Å²) in [6.45, 7) is -0.138. The molecular formula is C9H14ClNO4. The van der Waals surface area contributed by atoms with Crippen LogP contribution in [-0.4, -0.2) is 27.0 Å². The van der Waals surface area contributed by atoms with Gasteiger partial charge in [0.05, 0.1) is 5.56 Å². The zero-order chi connectivity index (χ0) is 10.7. The minimum atomic E-state index is -0.652. The van der Waals surface area contributed by atoms with E-state index in [2.05, 4.69) is 0 Å². The maximum atomic E-state index is 9.39. The van der Waals surface area contributed by atoms with Crippen LogP contribution in [-0.2, 0) is 0 Å². The Kier molecular flexibility index (Phi) is 5.21. The number of hydrogen-bond acceptors (Lipinski definition) is 5. The second-order valence-corrected chi connectivity index (χ2v) is 3.02. The van der Waals surface area contributed by atoms with Gasteiger partial charge in [0.1, 0.15) is 17.2 Å². The lowest BCUT2D eigenvalue weighted by atomic mass is 10.0. The van der Waals surface area contributed by atoms with Gasteiger partial charge in [-0.25, -0.2) is 0 Å². The maximum absolute atomic E-state index is 9.39. The van der Waals surface area contributed by atoms with E-state index in [1.165, 1.54) is 0 Å². The van der Waals surface area contributed by atoms with Crippen molar-refractivity contribution >= 4 is 12.4 Å². The zero-order valence-corrected chi connectivity index (χ0v) is 8.74. The average molecular weight is 236 g/mol. The topological polar surface area (TPSA) is 107 Å². The molecule has 0 aliphatic carbocycles. The van der Waals surface area contributed by atoms with Crippen molar-refractivity contribution < 1.29 is 20.4 Å². The number of phenolic OH excluding ortho intramolecular Hbond substituents is 3. The second-order valence-electron chi connectivity index (χ2n) is 3.02. The number of rotatable bonds is 3. The molecule has 1 unspecified atom stereocenters. The van der Waals surface area contributed by atoms with E-state index in [1.54, 1.807) is 0 Å². The SMILES string of the molecule is Cl.NC(CCO)c1c(O)cc(O)cc1O. The van der Waals surface area contributed by atoms with E-state index in [1.807, 2.05) is 0 Å². The summed E-state index contributed by atoms with van der Waals surface area (Å²) in [7, 11) is 0. The van der Waals surface area contributed by atoms with Gasteiger partial charge in [0.15, 0.2) is 0 Å². The van der Waals surface area contributed by atoms with Crippen molar-refractivity contribution in [3.8, 4) is 17.2 Å². The first kappa shape index (κ1) is 13.8. The number of halogens is 1. The van der Waals surface area contributed by atoms with Crippen LogP contribution in [0.2, 0.25) is 0 Å². The fourth-order valence-corrected chi connectivity index (χ4v) is 1.27. The summed E-state index contributed by atoms with van der Waals surface area (Å²) in [5, 5.41) is 36.4. The van der Waals surface area contributed by atoms with Crippen LogP contribution in [0, 0.1) is 0 Å². The molecule has 0 spiro atoms. The van der Waals surface area contributed by atoms with Crippen molar-refractivity contribution in [1.29, 1.82) is 0 Å². The van der Waals surface area contributed by atoms with Gasteiger partial charge < -0.3 is 26.2 Å². The third-order valence-electron chi connectivity index (χ3n) is 1.93. The molecule has 15 heavy (non-hydrogen) atoms. The lowest BCUT2D eigenvalue weighted by Gasteiger charge is -2.14. The number of nitrogens with two attached hydrogens (primary N) is 1. The molecule has 0 aliphatic rings. The van der Waals surface area contributed by atoms with Crippen molar-refractivity contribution in [2.24, 2.45) is 5.73 Å². The van der Waals surface area contributed by atoms with Gasteiger partial charge in [-0.05, 0) is 6.42 Å². The summed E-state index contributed by atoms with van der Waals surface area (Å²) in [4.78, 5) is 0. The minimum absolute atomic E-state index is 0. The van der Waals surface area contributed by atoms with Crippen LogP contribution in [0.1, 0.15) is 18.0 Å². The quantitative estimate of drug-likeness (QED) is 0.528. The molecule has 5 nitrogen and oxygen atoms in total. The molecule has 1 atom stereocenters. The Morgan fingerprint density at radius 3 is 2.00 bits per heavy atom. The number of phenols is 3. The molecule has 0 aromatic heterocycles. The molecule has 0 radical (unpaired) electrons. The van der Waals surface area contributed by atoms with E-state index in [0.29, 0.717) is 0 Å². The predicted molar refractivity (Wildman–Crippen MR) is 57.3 cm³/mol. The van der Waals surface area contributed by atoms with E-state index in [0.717, 1.165) is 12.1 Å². The highest BCUT2D eigenvalue weighted by Crippen LogP contribution is 2.36. The summed E-state index contributed by atoms with van der Waals surface area (Å²) in [6, 6.07) is 1.53. The van der Waals surface area contributed by atoms with Gasteiger partial charge in [0.25, 0.3) is 0 Å². The van der Waals surface area contributed by atoms with Crippen LogP contribution in [0.5, 0.6) is 17.2 Å². The van der Waals surface area contributed by atoms with Crippen molar-refractivity contribution in [2.45, 2.75) is 12.5 Å². The average Bonchev–Trinajstić information content (AvgIpc) is 2.01. The fourth-order valence-electron chi connectivity index (χ4n) is 1.27. The summed E-state index contributed by atoms with van der Waals surface area (Å²) in [6.07, 6.45) is 0.228. The number of aliphatic hydroxyl groups excluding tert-OH is 1. The Labute approximate surface area is 93.2 Å². The molecule has 6 heteroatoms. The molecule has 0 saturated heterocycles. The summed E-state index contributed by atoms with van der Waals surface area (Å²) >= 11 is 0. The first-order valence-electron chi connectivity index (χ1n) is 4.17. The Hall–Kier alpha value is -1.17. The van der Waals surface area contributed by atoms with Gasteiger partial charge in [-0.1, -0.05) is 0 Å². The molecular weight excluding hydrogens is 222 g/mol. The summed E-state index contributed by atoms with van der Waals surface area (Å²) < 4.78 is 0. The van der Waals surface area contributed by atoms with E-state index < -0.39 is 6.04 Å². The molecule has 0 heterocycles. The van der Waals surface area contributed by atoms with Gasteiger partial charge in [-0.2, -0.15) is 0 Å². The van der Waals surface area contributed by atoms with E-state index in [-0.39, 0.29) is 48.2 Å². The molecule has 1 aromatic carbocycles. The summed E-state index contributed by atoms with van der Waals surface area (Å²) in [5.41, 5.74) is 5.73. The second kappa shape index (κ2) is 5.65. The highest BCUT2D eigenvalue weighted by molar-refractivity contribution is 5.85. The van der Waals surface area contributed by atoms with Gasteiger partial charge in [-0.15, -0.1) is 12.4 Å². The lowest BCUT2D eigenvalue weighted by molar-refractivity contribution is 0.274. The molecule has 0 aliphatic heterocycles. The minimum Gasteiger partial charge on any atom is -0.508 e. The normalized spacial score (nSPS) is 11.9. The highest BCUT2D eigenvalue weighted by atomic mass is 35.5. The van der Waals surface area contributed by atoms with Gasteiger partial charge in [0.2, 0.25) is 0 Å². The summed E-state index contributed by atoms with van der Waals surface area (Å²) in [5.74, 6) is -0.785. The lowest BCUT2D eigenvalue weighted by Crippen LogP contribution is -2.12. The molecule has 6 N–H and O–H groups in total. The van der Waals surface area contributed by atoms with Gasteiger partial charge in [-0.3, -0.25) is 0 Å². The standard InChI is InChI=1S/C9H13NO4.ClH/c10-6(1-2-11)9-7(13)3-5(12)4-8(9)14;/h3-4,6,11-14H,1-2,10H2;1H. The first-order valence-corrected chi connectivity index (χ1v) is 4.17. The first-order chi connectivity index (χ1) is 6.56. The van der Waals surface area contributed by atoms with Crippen LogP contribution in [0.15, 0.2) is 12.1 Å². The Morgan fingerprint density at radius 1 is 1.13 bits per heavy atom. The van der Waals surface area contributed by atoms with E-state index in [4.69, 9.17) is 15.9 Å². The monoisotopic (exact) mass is 235 g/mol. The third-order valence-corrected chi connectivity index (χ3v) is 1.93. The molecule has 86 valence electrons. The van der Waals surface area contributed by atoms with Crippen LogP contribution in [0.25, 0.3) is 0 Å². The van der Waals surface area contributed by atoms with Crippen LogP contribution in [0.4, 0.5) is 0 Å². The third kappa shape index (κ3) is 3.16. The van der Waals surface area contributed by atoms with E-state index >= 15 is 0 Å². The van der Waals surface area contributed by atoms with Crippen molar-refractivity contribution in [3.63, 3.8) is 0 Å². The number of aliphatic hydroxyl groups is 1. The van der Waals surface area contributed by atoms with Crippen LogP contribution >= 0.6 is 12.4 Å². The fraction of sp³-hybridized carbons (Fsp3) is 0.333. The van der Waals surface area contributed by atoms with Gasteiger partial charge >= 0.3 is 0 Å². The maximum Gasteiger partial charge on any atom is 0.127 e. The predicted octanol–water partition coefficient (Wildman–Crippen LogP) is 0.607. The Balaban J connectivity index is 0.00000196. The van der Waals surface area contributed by atoms with Crippen molar-refractivity contribution in [3.05, 3.63) is 17.7 Å². The Morgan fingerprint density at radius 2 is 1.60 bits per heavy atom.